The second-order valence-electron chi connectivity index (χ2n) is 8.04. The summed E-state index contributed by atoms with van der Waals surface area (Å²) >= 11 is 0. The van der Waals surface area contributed by atoms with Crippen molar-refractivity contribution in [2.75, 3.05) is 49.6 Å². The lowest BCUT2D eigenvalue weighted by Crippen LogP contribution is -2.38. The smallest absolute Gasteiger partial charge is 0.243 e. The van der Waals surface area contributed by atoms with Gasteiger partial charge in [0.05, 0.1) is 26.2 Å². The fourth-order valence-corrected chi connectivity index (χ4v) is 3.91. The lowest BCUT2D eigenvalue weighted by Gasteiger charge is -2.29. The number of morpholine rings is 1. The highest BCUT2D eigenvalue weighted by Gasteiger charge is 2.17. The van der Waals surface area contributed by atoms with Gasteiger partial charge in [-0.25, -0.2) is 0 Å². The number of likely N-dealkylation sites (N-methyl/N-ethyl adjacent to an activating group) is 1. The van der Waals surface area contributed by atoms with Gasteiger partial charge in [-0.3, -0.25) is 9.59 Å². The van der Waals surface area contributed by atoms with Crippen LogP contribution in [0.15, 0.2) is 73.1 Å². The Morgan fingerprint density at radius 1 is 0.939 bits per heavy atom. The molecule has 172 valence electrons. The molecule has 0 spiro atoms. The molecule has 0 saturated carbocycles. The van der Waals surface area contributed by atoms with Crippen LogP contribution in [0.2, 0.25) is 0 Å². The van der Waals surface area contributed by atoms with Gasteiger partial charge in [0, 0.05) is 49.1 Å². The molecule has 4 rings (SSSR count). The van der Waals surface area contributed by atoms with Crippen molar-refractivity contribution in [3.63, 3.8) is 0 Å². The second-order valence-corrected chi connectivity index (χ2v) is 8.04. The van der Waals surface area contributed by atoms with Crippen LogP contribution in [0.1, 0.15) is 12.5 Å². The third kappa shape index (κ3) is 6.02. The van der Waals surface area contributed by atoms with Crippen LogP contribution in [0.25, 0.3) is 5.69 Å². The van der Waals surface area contributed by atoms with Gasteiger partial charge in [-0.15, -0.1) is 0 Å². The molecule has 1 saturated heterocycles. The van der Waals surface area contributed by atoms with Crippen molar-refractivity contribution >= 4 is 23.2 Å². The summed E-state index contributed by atoms with van der Waals surface area (Å²) in [6.07, 6.45) is 4.23. The number of hydrogen-bond donors (Lipinski definition) is 1. The molecule has 1 fully saturated rings. The number of ether oxygens (including phenoxy) is 1. The molecule has 3 aromatic rings. The third-order valence-electron chi connectivity index (χ3n) is 5.79. The lowest BCUT2D eigenvalue weighted by molar-refractivity contribution is -0.133. The molecule has 2 aromatic carbocycles. The van der Waals surface area contributed by atoms with Crippen LogP contribution in [0.5, 0.6) is 0 Å². The normalized spacial score (nSPS) is 13.5. The maximum Gasteiger partial charge on any atom is 0.243 e. The van der Waals surface area contributed by atoms with Crippen LogP contribution in [0.4, 0.5) is 11.4 Å². The maximum atomic E-state index is 12.8. The largest absolute Gasteiger partial charge is 0.378 e. The molecule has 0 radical (unpaired) electrons. The molecule has 0 aliphatic carbocycles. The summed E-state index contributed by atoms with van der Waals surface area (Å²) < 4.78 is 7.41. The van der Waals surface area contributed by atoms with Gasteiger partial charge in [0.15, 0.2) is 0 Å². The van der Waals surface area contributed by atoms with E-state index < -0.39 is 0 Å². The Morgan fingerprint density at radius 2 is 1.58 bits per heavy atom. The van der Waals surface area contributed by atoms with Crippen LogP contribution < -0.4 is 10.2 Å². The van der Waals surface area contributed by atoms with Gasteiger partial charge < -0.3 is 24.4 Å². The molecule has 0 unspecified atom stereocenters. The number of carbonyl (C=O) groups is 2. The molecule has 0 atom stereocenters. The molecule has 1 aromatic heterocycles. The van der Waals surface area contributed by atoms with Crippen molar-refractivity contribution in [1.29, 1.82) is 0 Å². The van der Waals surface area contributed by atoms with E-state index in [1.165, 1.54) is 0 Å². The Kier molecular flexibility index (Phi) is 7.42. The molecule has 2 heterocycles. The zero-order chi connectivity index (χ0) is 23.0. The summed E-state index contributed by atoms with van der Waals surface area (Å²) in [6, 6.07) is 19.6. The first-order valence-corrected chi connectivity index (χ1v) is 11.3. The van der Waals surface area contributed by atoms with Crippen molar-refractivity contribution in [2.24, 2.45) is 0 Å². The van der Waals surface area contributed by atoms with Gasteiger partial charge >= 0.3 is 0 Å². The molecule has 2 amide bonds. The minimum absolute atomic E-state index is 0.0298. The second kappa shape index (κ2) is 10.8. The van der Waals surface area contributed by atoms with Crippen LogP contribution >= 0.6 is 0 Å². The Bertz CT molecular complexity index is 1040. The fraction of sp³-hybridized carbons (Fsp3) is 0.308. The van der Waals surface area contributed by atoms with Gasteiger partial charge in [0.1, 0.15) is 0 Å². The zero-order valence-electron chi connectivity index (χ0n) is 18.9. The van der Waals surface area contributed by atoms with Crippen molar-refractivity contribution in [3.05, 3.63) is 78.6 Å². The zero-order valence-corrected chi connectivity index (χ0v) is 18.9. The highest BCUT2D eigenvalue weighted by atomic mass is 16.5. The number of anilines is 2. The first-order chi connectivity index (χ1) is 16.1. The van der Waals surface area contributed by atoms with E-state index in [0.717, 1.165) is 48.9 Å². The Balaban J connectivity index is 1.29. The van der Waals surface area contributed by atoms with Crippen molar-refractivity contribution in [1.82, 2.24) is 9.47 Å². The van der Waals surface area contributed by atoms with E-state index >= 15 is 0 Å². The molecule has 1 N–H and O–H groups in total. The van der Waals surface area contributed by atoms with Gasteiger partial charge in [0.2, 0.25) is 11.8 Å². The first-order valence-electron chi connectivity index (χ1n) is 11.3. The molecular formula is C26H30N4O3. The highest BCUT2D eigenvalue weighted by Crippen LogP contribution is 2.19. The number of nitrogens with one attached hydrogen (secondary N) is 1. The number of benzene rings is 2. The van der Waals surface area contributed by atoms with Gasteiger partial charge in [-0.2, -0.15) is 0 Å². The average Bonchev–Trinajstić information content (AvgIpc) is 3.39. The van der Waals surface area contributed by atoms with Crippen molar-refractivity contribution in [2.45, 2.75) is 13.3 Å². The summed E-state index contributed by atoms with van der Waals surface area (Å²) in [5, 5.41) is 2.90. The summed E-state index contributed by atoms with van der Waals surface area (Å²) in [6.45, 7) is 5.60. The predicted octanol–water partition coefficient (Wildman–Crippen LogP) is 3.34. The Morgan fingerprint density at radius 3 is 2.21 bits per heavy atom. The number of carbonyl (C=O) groups excluding carboxylic acids is 2. The number of amides is 2. The third-order valence-corrected chi connectivity index (χ3v) is 5.79. The van der Waals surface area contributed by atoms with E-state index in [4.69, 9.17) is 4.74 Å². The summed E-state index contributed by atoms with van der Waals surface area (Å²) in [5.41, 5.74) is 3.81. The van der Waals surface area contributed by atoms with Crippen LogP contribution in [-0.2, 0) is 20.7 Å². The number of nitrogens with zero attached hydrogens (tertiary/aromatic N) is 3. The number of rotatable bonds is 8. The summed E-state index contributed by atoms with van der Waals surface area (Å²) in [7, 11) is 0. The van der Waals surface area contributed by atoms with Crippen LogP contribution in [0.3, 0.4) is 0 Å². The van der Waals surface area contributed by atoms with Gasteiger partial charge in [-0.1, -0.05) is 12.1 Å². The van der Waals surface area contributed by atoms with Crippen molar-refractivity contribution < 1.29 is 14.3 Å². The van der Waals surface area contributed by atoms with E-state index in [0.29, 0.717) is 6.54 Å². The van der Waals surface area contributed by atoms with E-state index in [2.05, 4.69) is 10.2 Å². The topological polar surface area (TPSA) is 66.8 Å². The molecule has 1 aliphatic rings. The first kappa shape index (κ1) is 22.6. The minimum Gasteiger partial charge on any atom is -0.378 e. The molecule has 1 aliphatic heterocycles. The lowest BCUT2D eigenvalue weighted by atomic mass is 10.1. The van der Waals surface area contributed by atoms with E-state index in [9.17, 15) is 9.59 Å². The van der Waals surface area contributed by atoms with Crippen LogP contribution in [0, 0.1) is 0 Å². The summed E-state index contributed by atoms with van der Waals surface area (Å²) in [4.78, 5) is 29.2. The molecule has 0 bridgehead atoms. The molecule has 7 nitrogen and oxygen atoms in total. The van der Waals surface area contributed by atoms with E-state index in [1.807, 2.05) is 84.5 Å². The number of aromatic nitrogens is 1. The van der Waals surface area contributed by atoms with E-state index in [1.54, 1.807) is 4.90 Å². The summed E-state index contributed by atoms with van der Waals surface area (Å²) in [5.74, 6) is -0.267. The van der Waals surface area contributed by atoms with Gasteiger partial charge in [0.25, 0.3) is 0 Å². The minimum atomic E-state index is -0.202. The maximum absolute atomic E-state index is 12.8. The van der Waals surface area contributed by atoms with Crippen LogP contribution in [-0.4, -0.2) is 60.7 Å². The SMILES string of the molecule is CCN(CC(=O)Nc1ccc(N2CCOCC2)cc1)C(=O)Cc1ccc(-n2cccc2)cc1. The number of hydrogen-bond acceptors (Lipinski definition) is 4. The Hall–Kier alpha value is -3.58. The van der Waals surface area contributed by atoms with E-state index in [-0.39, 0.29) is 24.8 Å². The quantitative estimate of drug-likeness (QED) is 0.576. The fourth-order valence-electron chi connectivity index (χ4n) is 3.91. The molecular weight excluding hydrogens is 416 g/mol. The monoisotopic (exact) mass is 446 g/mol. The molecule has 33 heavy (non-hydrogen) atoms. The Labute approximate surface area is 194 Å². The van der Waals surface area contributed by atoms with Crippen molar-refractivity contribution in [3.8, 4) is 5.69 Å². The molecule has 7 heteroatoms. The average molecular weight is 447 g/mol. The standard InChI is InChI=1S/C26H30N4O3/c1-2-28(26(32)19-21-5-9-23(10-6-21)29-13-3-4-14-29)20-25(31)27-22-7-11-24(12-8-22)30-15-17-33-18-16-30/h3-14H,2,15-20H2,1H3,(H,27,31). The van der Waals surface area contributed by atoms with Gasteiger partial charge in [-0.05, 0) is 61.0 Å². The highest BCUT2D eigenvalue weighted by molar-refractivity contribution is 5.95. The predicted molar refractivity (Wildman–Crippen MR) is 130 cm³/mol.